The van der Waals surface area contributed by atoms with E-state index >= 15 is 0 Å². The normalized spacial score (nSPS) is 21.5. The Kier molecular flexibility index (Phi) is 9.38. The van der Waals surface area contributed by atoms with Crippen LogP contribution in [0.5, 0.6) is 11.5 Å². The van der Waals surface area contributed by atoms with Gasteiger partial charge in [-0.1, -0.05) is 37.7 Å². The number of rotatable bonds is 10. The van der Waals surface area contributed by atoms with E-state index in [4.69, 9.17) is 33.0 Å². The van der Waals surface area contributed by atoms with E-state index in [1.165, 1.54) is 12.1 Å². The van der Waals surface area contributed by atoms with E-state index in [1.807, 2.05) is 17.0 Å². The number of amides is 1. The molecule has 4 unspecified atom stereocenters. The lowest BCUT2D eigenvalue weighted by atomic mass is 9.84. The maximum absolute atomic E-state index is 13.4. The fourth-order valence-electron chi connectivity index (χ4n) is 6.69. The second-order valence-corrected chi connectivity index (χ2v) is 11.9. The van der Waals surface area contributed by atoms with Crippen molar-refractivity contribution < 1.29 is 18.7 Å². The van der Waals surface area contributed by atoms with Crippen LogP contribution in [0, 0.1) is 23.6 Å². The first-order valence-corrected chi connectivity index (χ1v) is 15.0. The smallest absolute Gasteiger partial charge is 0.228 e. The van der Waals surface area contributed by atoms with E-state index in [-0.39, 0.29) is 17.8 Å². The van der Waals surface area contributed by atoms with Crippen LogP contribution in [0.2, 0.25) is 6.32 Å². The van der Waals surface area contributed by atoms with Crippen LogP contribution in [-0.4, -0.2) is 68.5 Å². The first-order chi connectivity index (χ1) is 20.3. The summed E-state index contributed by atoms with van der Waals surface area (Å²) in [5.74, 6) is 3.48. The van der Waals surface area contributed by atoms with Crippen LogP contribution in [0.4, 0.5) is 16.2 Å². The fraction of sp³-hybridized carbons (Fsp3) is 0.531. The molecule has 10 heteroatoms. The van der Waals surface area contributed by atoms with Crippen LogP contribution in [-0.2, 0) is 11.2 Å². The van der Waals surface area contributed by atoms with Crippen molar-refractivity contribution in [2.45, 2.75) is 57.8 Å². The van der Waals surface area contributed by atoms with Gasteiger partial charge in [0.15, 0.2) is 11.5 Å². The van der Waals surface area contributed by atoms with Crippen molar-refractivity contribution in [2.75, 3.05) is 44.5 Å². The van der Waals surface area contributed by atoms with Gasteiger partial charge in [-0.25, -0.2) is 9.37 Å². The van der Waals surface area contributed by atoms with Gasteiger partial charge in [0.25, 0.3) is 0 Å². The second kappa shape index (κ2) is 13.2. The molecule has 3 aromatic rings. The van der Waals surface area contributed by atoms with Crippen molar-refractivity contribution in [1.82, 2.24) is 14.9 Å². The topological polar surface area (TPSA) is 93.8 Å². The number of halogens is 1. The second-order valence-electron chi connectivity index (χ2n) is 11.9. The molecule has 0 spiro atoms. The zero-order valence-electron chi connectivity index (χ0n) is 24.9. The highest BCUT2D eigenvalue weighted by Crippen LogP contribution is 2.41. The number of methoxy groups -OCH3 is 2. The molecule has 2 radical (unpaired) electrons. The molecular formula is C32H41BFN5O3. The van der Waals surface area contributed by atoms with E-state index in [2.05, 4.69) is 11.8 Å². The zero-order valence-corrected chi connectivity index (χ0v) is 24.9. The summed E-state index contributed by atoms with van der Waals surface area (Å²) in [6.45, 7) is 4.02. The highest BCUT2D eigenvalue weighted by atomic mass is 19.1. The summed E-state index contributed by atoms with van der Waals surface area (Å²) in [4.78, 5) is 27.3. The molecule has 1 saturated carbocycles. The van der Waals surface area contributed by atoms with E-state index in [0.29, 0.717) is 90.7 Å². The number of nitrogens with two attached hydrogens (primary N) is 1. The number of aryl methyl sites for hydroxylation is 1. The van der Waals surface area contributed by atoms with E-state index in [1.54, 1.807) is 26.4 Å². The first kappa shape index (κ1) is 29.9. The third-order valence-electron chi connectivity index (χ3n) is 9.05. The Morgan fingerprint density at radius 1 is 1.12 bits per heavy atom. The number of nitrogens with zero attached hydrogens (tertiary/aromatic N) is 4. The molecule has 1 aliphatic carbocycles. The Morgan fingerprint density at radius 2 is 1.86 bits per heavy atom. The number of carbonyl (C=O) groups excluding carboxylic acids is 1. The molecular weight excluding hydrogens is 532 g/mol. The van der Waals surface area contributed by atoms with Gasteiger partial charge >= 0.3 is 0 Å². The van der Waals surface area contributed by atoms with Gasteiger partial charge in [-0.05, 0) is 61.3 Å². The summed E-state index contributed by atoms with van der Waals surface area (Å²) in [7, 11) is 9.12. The summed E-state index contributed by atoms with van der Waals surface area (Å²) >= 11 is 0. The Labute approximate surface area is 249 Å². The van der Waals surface area contributed by atoms with Crippen LogP contribution >= 0.6 is 0 Å². The first-order valence-electron chi connectivity index (χ1n) is 15.0. The van der Waals surface area contributed by atoms with Crippen molar-refractivity contribution in [2.24, 2.45) is 17.8 Å². The van der Waals surface area contributed by atoms with Crippen LogP contribution in [0.15, 0.2) is 36.4 Å². The number of nitrogen functional groups attached to an aromatic ring is 1. The van der Waals surface area contributed by atoms with Gasteiger partial charge in [-0.15, -0.1) is 0 Å². The van der Waals surface area contributed by atoms with Crippen LogP contribution in [0.25, 0.3) is 10.9 Å². The lowest BCUT2D eigenvalue weighted by Gasteiger charge is -2.44. The summed E-state index contributed by atoms with van der Waals surface area (Å²) in [5, 5.41) is 0.708. The van der Waals surface area contributed by atoms with Crippen molar-refractivity contribution in [1.29, 1.82) is 0 Å². The lowest BCUT2D eigenvalue weighted by Crippen LogP contribution is -2.57. The molecule has 2 fully saturated rings. The Bertz CT molecular complexity index is 1390. The monoisotopic (exact) mass is 573 g/mol. The molecule has 2 N–H and O–H groups in total. The molecule has 1 aromatic heterocycles. The van der Waals surface area contributed by atoms with E-state index < -0.39 is 0 Å². The highest BCUT2D eigenvalue weighted by molar-refractivity contribution is 6.08. The maximum Gasteiger partial charge on any atom is 0.228 e. The molecule has 42 heavy (non-hydrogen) atoms. The van der Waals surface area contributed by atoms with Gasteiger partial charge in [-0.3, -0.25) is 4.79 Å². The number of hydrogen-bond donors (Lipinski definition) is 1. The predicted octanol–water partition coefficient (Wildman–Crippen LogP) is 5.05. The highest BCUT2D eigenvalue weighted by Gasteiger charge is 2.40. The molecule has 4 atom stereocenters. The minimum absolute atomic E-state index is 0.0729. The van der Waals surface area contributed by atoms with Gasteiger partial charge < -0.3 is 25.0 Å². The number of aromatic nitrogens is 2. The number of fused-ring (bicyclic) bond motifs is 1. The quantitative estimate of drug-likeness (QED) is 0.340. The fourth-order valence-corrected chi connectivity index (χ4v) is 6.69. The molecule has 8 nitrogen and oxygen atoms in total. The number of benzene rings is 2. The van der Waals surface area contributed by atoms with Gasteiger partial charge in [0.2, 0.25) is 11.9 Å². The zero-order chi connectivity index (χ0) is 29.8. The average molecular weight is 574 g/mol. The number of piperazine rings is 1. The van der Waals surface area contributed by atoms with E-state index in [0.717, 1.165) is 31.2 Å². The minimum atomic E-state index is -0.270. The van der Waals surface area contributed by atoms with Crippen molar-refractivity contribution >= 4 is 36.4 Å². The van der Waals surface area contributed by atoms with Crippen molar-refractivity contribution in [3.63, 3.8) is 0 Å². The third kappa shape index (κ3) is 6.58. The van der Waals surface area contributed by atoms with Crippen molar-refractivity contribution in [3.8, 4) is 11.5 Å². The number of ether oxygens (including phenoxy) is 2. The molecule has 0 bridgehead atoms. The summed E-state index contributed by atoms with van der Waals surface area (Å²) in [5.41, 5.74) is 8.12. The molecule has 5 rings (SSSR count). The number of hydrogen-bond acceptors (Lipinski definition) is 7. The molecule has 1 amide bonds. The SMILES string of the molecule is [B]CC(C)CC1CCC(C2CN(C(=O)CCc3ccc(F)cc3)CCN2c2nc(N)c3cc(OC)c(OC)cc3n2)C1. The summed E-state index contributed by atoms with van der Waals surface area (Å²) in [6.07, 6.45) is 6.15. The molecule has 222 valence electrons. The number of carbonyl (C=O) groups is 1. The Hall–Kier alpha value is -3.56. The molecule has 1 aliphatic heterocycles. The number of anilines is 2. The lowest BCUT2D eigenvalue weighted by molar-refractivity contribution is -0.132. The minimum Gasteiger partial charge on any atom is -0.493 e. The molecule has 2 aromatic carbocycles. The van der Waals surface area contributed by atoms with Crippen LogP contribution < -0.4 is 20.1 Å². The van der Waals surface area contributed by atoms with Gasteiger partial charge in [-0.2, -0.15) is 4.98 Å². The third-order valence-corrected chi connectivity index (χ3v) is 9.05. The Morgan fingerprint density at radius 3 is 2.57 bits per heavy atom. The summed E-state index contributed by atoms with van der Waals surface area (Å²) in [6, 6.07) is 10.1. The standard InChI is InChI=1S/C32H41BFN5O3/c1-20(18-33)14-22-4-8-23(15-22)27-19-38(30(40)11-7-21-5-9-24(34)10-6-21)12-13-39(27)32-36-26-17-29(42-3)28(41-2)16-25(26)31(35)37-32/h5-6,9-10,16-17,20,22-23,27H,4,7-8,11-15,18-19H2,1-3H3,(H2,35,36,37). The van der Waals surface area contributed by atoms with Gasteiger partial charge in [0.05, 0.1) is 33.6 Å². The predicted molar refractivity (Wildman–Crippen MR) is 165 cm³/mol. The molecule has 2 heterocycles. The van der Waals surface area contributed by atoms with Crippen LogP contribution in [0.3, 0.4) is 0 Å². The van der Waals surface area contributed by atoms with E-state index in [9.17, 15) is 9.18 Å². The van der Waals surface area contributed by atoms with Crippen LogP contribution in [0.1, 0.15) is 44.6 Å². The molecule has 1 saturated heterocycles. The Balaban J connectivity index is 1.39. The maximum atomic E-state index is 13.4. The largest absolute Gasteiger partial charge is 0.493 e. The average Bonchev–Trinajstić information content (AvgIpc) is 3.47. The molecule has 2 aliphatic rings. The summed E-state index contributed by atoms with van der Waals surface area (Å²) < 4.78 is 24.3. The van der Waals surface area contributed by atoms with Gasteiger partial charge in [0, 0.05) is 37.5 Å². The van der Waals surface area contributed by atoms with Gasteiger partial charge in [0.1, 0.15) is 11.6 Å². The van der Waals surface area contributed by atoms with Crippen molar-refractivity contribution in [3.05, 3.63) is 47.8 Å².